The molecule has 0 saturated heterocycles. The third-order valence-electron chi connectivity index (χ3n) is 3.75. The number of amides is 1. The summed E-state index contributed by atoms with van der Waals surface area (Å²) in [7, 11) is 0. The van der Waals surface area contributed by atoms with Gasteiger partial charge in [0.1, 0.15) is 5.82 Å². The lowest BCUT2D eigenvalue weighted by molar-refractivity contribution is -0.125. The van der Waals surface area contributed by atoms with Gasteiger partial charge in [0.25, 0.3) is 0 Å². The smallest absolute Gasteiger partial charge is 0.224 e. The second-order valence-electron chi connectivity index (χ2n) is 6.00. The van der Waals surface area contributed by atoms with Gasteiger partial charge in [-0.25, -0.2) is 4.39 Å². The zero-order valence-corrected chi connectivity index (χ0v) is 11.4. The van der Waals surface area contributed by atoms with Gasteiger partial charge in [0.15, 0.2) is 0 Å². The summed E-state index contributed by atoms with van der Waals surface area (Å²) in [5.41, 5.74) is 5.88. The van der Waals surface area contributed by atoms with Crippen LogP contribution in [0, 0.1) is 17.2 Å². The summed E-state index contributed by atoms with van der Waals surface area (Å²) in [4.78, 5) is 11.3. The maximum Gasteiger partial charge on any atom is 0.224 e. The summed E-state index contributed by atoms with van der Waals surface area (Å²) in [6.07, 6.45) is 2.35. The third kappa shape index (κ3) is 3.53. The van der Waals surface area contributed by atoms with Crippen molar-refractivity contribution in [1.29, 1.82) is 0 Å². The first-order valence-electron chi connectivity index (χ1n) is 6.69. The van der Waals surface area contributed by atoms with Crippen LogP contribution in [0.4, 0.5) is 4.39 Å². The summed E-state index contributed by atoms with van der Waals surface area (Å²) in [5, 5.41) is 3.42. The molecule has 1 atom stereocenters. The van der Waals surface area contributed by atoms with Crippen molar-refractivity contribution in [3.8, 4) is 0 Å². The van der Waals surface area contributed by atoms with E-state index in [9.17, 15) is 9.18 Å². The largest absolute Gasteiger partial charge is 0.369 e. The molecule has 1 aromatic carbocycles. The van der Waals surface area contributed by atoms with E-state index in [0.29, 0.717) is 12.5 Å². The van der Waals surface area contributed by atoms with Crippen LogP contribution in [0.3, 0.4) is 0 Å². The van der Waals surface area contributed by atoms with E-state index < -0.39 is 5.41 Å². The second kappa shape index (κ2) is 5.29. The Balaban J connectivity index is 2.05. The Labute approximate surface area is 113 Å². The van der Waals surface area contributed by atoms with Crippen molar-refractivity contribution >= 4 is 5.91 Å². The fourth-order valence-electron chi connectivity index (χ4n) is 2.11. The Bertz CT molecular complexity index is 452. The van der Waals surface area contributed by atoms with Gasteiger partial charge in [-0.15, -0.1) is 0 Å². The van der Waals surface area contributed by atoms with Crippen LogP contribution in [-0.2, 0) is 4.79 Å². The molecular weight excluding hydrogens is 243 g/mol. The predicted molar refractivity (Wildman–Crippen MR) is 72.8 cm³/mol. The summed E-state index contributed by atoms with van der Waals surface area (Å²) < 4.78 is 13.0. The van der Waals surface area contributed by atoms with Gasteiger partial charge in [-0.3, -0.25) is 4.79 Å². The predicted octanol–water partition coefficient (Wildman–Crippen LogP) is 2.38. The Kier molecular flexibility index (Phi) is 3.90. The molecule has 1 aliphatic rings. The van der Waals surface area contributed by atoms with Crippen LogP contribution in [0.1, 0.15) is 38.3 Å². The molecule has 0 spiro atoms. The monoisotopic (exact) mass is 264 g/mol. The quantitative estimate of drug-likeness (QED) is 0.829. The van der Waals surface area contributed by atoms with Gasteiger partial charge in [0.2, 0.25) is 5.91 Å². The Morgan fingerprint density at radius 2 is 2.00 bits per heavy atom. The van der Waals surface area contributed by atoms with Crippen LogP contribution < -0.4 is 11.1 Å². The number of hydrogen-bond donors (Lipinski definition) is 2. The van der Waals surface area contributed by atoms with E-state index in [1.165, 1.54) is 25.0 Å². The fraction of sp³-hybridized carbons (Fsp3) is 0.533. The van der Waals surface area contributed by atoms with Gasteiger partial charge < -0.3 is 11.1 Å². The van der Waals surface area contributed by atoms with Crippen molar-refractivity contribution in [2.75, 3.05) is 6.54 Å². The van der Waals surface area contributed by atoms with E-state index in [4.69, 9.17) is 5.73 Å². The van der Waals surface area contributed by atoms with Crippen molar-refractivity contribution in [2.45, 2.75) is 32.7 Å². The molecule has 1 aliphatic carbocycles. The van der Waals surface area contributed by atoms with Crippen LogP contribution in [0.15, 0.2) is 24.3 Å². The van der Waals surface area contributed by atoms with Gasteiger partial charge >= 0.3 is 0 Å². The lowest BCUT2D eigenvalue weighted by Crippen LogP contribution is -2.42. The van der Waals surface area contributed by atoms with Crippen LogP contribution in [0.5, 0.6) is 0 Å². The zero-order chi connectivity index (χ0) is 14.0. The topological polar surface area (TPSA) is 55.1 Å². The number of nitrogens with one attached hydrogen (secondary N) is 1. The van der Waals surface area contributed by atoms with Crippen LogP contribution >= 0.6 is 0 Å². The Morgan fingerprint density at radius 3 is 2.47 bits per heavy atom. The Morgan fingerprint density at radius 1 is 1.42 bits per heavy atom. The Hall–Kier alpha value is -1.42. The summed E-state index contributed by atoms with van der Waals surface area (Å²) in [5.74, 6) is 0.0403. The molecule has 1 fully saturated rings. The molecule has 1 saturated carbocycles. The molecule has 19 heavy (non-hydrogen) atoms. The normalized spacial score (nSPS) is 17.2. The maximum atomic E-state index is 13.0. The highest BCUT2D eigenvalue weighted by molar-refractivity contribution is 5.80. The molecule has 3 N–H and O–H groups in total. The molecular formula is C15H21FN2O. The van der Waals surface area contributed by atoms with E-state index in [0.717, 1.165) is 5.56 Å². The summed E-state index contributed by atoms with van der Waals surface area (Å²) >= 11 is 0. The number of benzene rings is 1. The SMILES string of the molecule is CC(C)(CNC(c1ccc(F)cc1)C1CC1)C(N)=O. The average Bonchev–Trinajstić information content (AvgIpc) is 3.16. The van der Waals surface area contributed by atoms with Crippen molar-refractivity contribution < 1.29 is 9.18 Å². The number of nitrogens with two attached hydrogens (primary N) is 1. The average molecular weight is 264 g/mol. The number of carbonyl (C=O) groups excluding carboxylic acids is 1. The van der Waals surface area contributed by atoms with Crippen LogP contribution in [-0.4, -0.2) is 12.5 Å². The van der Waals surface area contributed by atoms with Gasteiger partial charge in [0.05, 0.1) is 5.41 Å². The summed E-state index contributed by atoms with van der Waals surface area (Å²) in [6.45, 7) is 4.19. The molecule has 0 aliphatic heterocycles. The number of carbonyl (C=O) groups is 1. The van der Waals surface area contributed by atoms with Crippen molar-refractivity contribution in [1.82, 2.24) is 5.32 Å². The van der Waals surface area contributed by atoms with E-state index in [2.05, 4.69) is 5.32 Å². The highest BCUT2D eigenvalue weighted by Gasteiger charge is 2.34. The molecule has 2 rings (SSSR count). The molecule has 0 heterocycles. The minimum absolute atomic E-state index is 0.180. The fourth-order valence-corrected chi connectivity index (χ4v) is 2.11. The molecule has 0 radical (unpaired) electrons. The van der Waals surface area contributed by atoms with Gasteiger partial charge in [-0.05, 0) is 50.3 Å². The minimum Gasteiger partial charge on any atom is -0.369 e. The van der Waals surface area contributed by atoms with E-state index in [1.54, 1.807) is 0 Å². The van der Waals surface area contributed by atoms with E-state index in [1.807, 2.05) is 26.0 Å². The molecule has 1 aromatic rings. The number of halogens is 1. The van der Waals surface area contributed by atoms with Crippen molar-refractivity contribution in [3.05, 3.63) is 35.6 Å². The van der Waals surface area contributed by atoms with Gasteiger partial charge in [-0.1, -0.05) is 12.1 Å². The van der Waals surface area contributed by atoms with Crippen LogP contribution in [0.2, 0.25) is 0 Å². The standard InChI is InChI=1S/C15H21FN2O/c1-15(2,14(17)19)9-18-13(10-3-4-10)11-5-7-12(16)8-6-11/h5-8,10,13,18H,3-4,9H2,1-2H3,(H2,17,19). The van der Waals surface area contributed by atoms with Crippen molar-refractivity contribution in [2.24, 2.45) is 17.1 Å². The first-order chi connectivity index (χ1) is 8.90. The molecule has 3 nitrogen and oxygen atoms in total. The lowest BCUT2D eigenvalue weighted by Gasteiger charge is -2.26. The number of rotatable bonds is 6. The maximum absolute atomic E-state index is 13.0. The van der Waals surface area contributed by atoms with E-state index >= 15 is 0 Å². The molecule has 1 unspecified atom stereocenters. The van der Waals surface area contributed by atoms with Crippen LogP contribution in [0.25, 0.3) is 0 Å². The van der Waals surface area contributed by atoms with Gasteiger partial charge in [0, 0.05) is 12.6 Å². The molecule has 0 bridgehead atoms. The lowest BCUT2D eigenvalue weighted by atomic mass is 9.91. The number of hydrogen-bond acceptors (Lipinski definition) is 2. The van der Waals surface area contributed by atoms with E-state index in [-0.39, 0.29) is 17.8 Å². The minimum atomic E-state index is -0.576. The highest BCUT2D eigenvalue weighted by Crippen LogP contribution is 2.41. The van der Waals surface area contributed by atoms with Gasteiger partial charge in [-0.2, -0.15) is 0 Å². The second-order valence-corrected chi connectivity index (χ2v) is 6.00. The molecule has 0 aromatic heterocycles. The molecule has 4 heteroatoms. The highest BCUT2D eigenvalue weighted by atomic mass is 19.1. The molecule has 104 valence electrons. The first-order valence-corrected chi connectivity index (χ1v) is 6.69. The summed E-state index contributed by atoms with van der Waals surface area (Å²) in [6, 6.07) is 6.75. The first kappa shape index (κ1) is 14.0. The third-order valence-corrected chi connectivity index (χ3v) is 3.75. The zero-order valence-electron chi connectivity index (χ0n) is 11.4. The molecule has 1 amide bonds. The number of primary amides is 1. The van der Waals surface area contributed by atoms with Crippen molar-refractivity contribution in [3.63, 3.8) is 0 Å².